The van der Waals surface area contributed by atoms with E-state index in [-0.39, 0.29) is 5.82 Å². The topological polar surface area (TPSA) is 15.3 Å². The summed E-state index contributed by atoms with van der Waals surface area (Å²) in [4.78, 5) is 2.04. The number of anilines is 2. The molecular weight excluding hydrogens is 307 g/mol. The van der Waals surface area contributed by atoms with Crippen LogP contribution in [-0.4, -0.2) is 14.1 Å². The van der Waals surface area contributed by atoms with Gasteiger partial charge in [0.1, 0.15) is 5.82 Å². The monoisotopic (exact) mass is 322 g/mol. The fraction of sp³-hybridized carbons (Fsp3) is 0.200. The van der Waals surface area contributed by atoms with Crippen molar-refractivity contribution in [1.82, 2.24) is 0 Å². The summed E-state index contributed by atoms with van der Waals surface area (Å²) in [5, 5.41) is 3.30. The van der Waals surface area contributed by atoms with Gasteiger partial charge < -0.3 is 10.2 Å². The zero-order valence-corrected chi connectivity index (χ0v) is 12.5. The smallest absolute Gasteiger partial charge is 0.137 e. The third-order valence-corrected chi connectivity index (χ3v) is 3.77. The van der Waals surface area contributed by atoms with Crippen molar-refractivity contribution in [2.45, 2.75) is 6.54 Å². The molecule has 4 heteroatoms. The van der Waals surface area contributed by atoms with E-state index in [0.717, 1.165) is 16.9 Å². The second kappa shape index (κ2) is 6.06. The molecule has 0 spiro atoms. The minimum absolute atomic E-state index is 0.235. The lowest BCUT2D eigenvalue weighted by atomic mass is 10.2. The molecule has 0 radical (unpaired) electrons. The van der Waals surface area contributed by atoms with Crippen LogP contribution in [0, 0.1) is 5.82 Å². The molecule has 1 N–H and O–H groups in total. The van der Waals surface area contributed by atoms with Gasteiger partial charge in [0.05, 0.1) is 4.47 Å². The Bertz CT molecular complexity index is 570. The van der Waals surface area contributed by atoms with Gasteiger partial charge in [0.25, 0.3) is 0 Å². The molecule has 0 unspecified atom stereocenters. The SMILES string of the molecule is CN(C)c1cccc(NCc2cccc(F)c2Br)c1. The van der Waals surface area contributed by atoms with Crippen LogP contribution in [0.25, 0.3) is 0 Å². The van der Waals surface area contributed by atoms with Gasteiger partial charge in [-0.3, -0.25) is 0 Å². The predicted molar refractivity (Wildman–Crippen MR) is 82.2 cm³/mol. The zero-order valence-electron chi connectivity index (χ0n) is 11.0. The molecule has 0 saturated heterocycles. The van der Waals surface area contributed by atoms with E-state index in [1.807, 2.05) is 43.3 Å². The molecule has 100 valence electrons. The standard InChI is InChI=1S/C15H16BrFN2/c1-19(2)13-7-4-6-12(9-13)18-10-11-5-3-8-14(17)15(11)16/h3-9,18H,10H2,1-2H3. The molecule has 19 heavy (non-hydrogen) atoms. The Morgan fingerprint density at radius 3 is 2.63 bits per heavy atom. The highest BCUT2D eigenvalue weighted by molar-refractivity contribution is 9.10. The summed E-state index contributed by atoms with van der Waals surface area (Å²) in [6.07, 6.45) is 0. The molecule has 0 aliphatic rings. The molecule has 0 heterocycles. The Labute approximate surface area is 121 Å². The van der Waals surface area contributed by atoms with Crippen LogP contribution < -0.4 is 10.2 Å². The number of nitrogens with one attached hydrogen (secondary N) is 1. The average molecular weight is 323 g/mol. The second-order valence-corrected chi connectivity index (χ2v) is 5.30. The van der Waals surface area contributed by atoms with Crippen molar-refractivity contribution in [2.24, 2.45) is 0 Å². The summed E-state index contributed by atoms with van der Waals surface area (Å²) < 4.78 is 13.9. The molecule has 0 fully saturated rings. The third-order valence-electron chi connectivity index (χ3n) is 2.88. The van der Waals surface area contributed by atoms with Gasteiger partial charge in [-0.25, -0.2) is 4.39 Å². The number of hydrogen-bond acceptors (Lipinski definition) is 2. The fourth-order valence-electron chi connectivity index (χ4n) is 1.78. The van der Waals surface area contributed by atoms with Gasteiger partial charge in [0.15, 0.2) is 0 Å². The van der Waals surface area contributed by atoms with Crippen LogP contribution in [0.3, 0.4) is 0 Å². The predicted octanol–water partition coefficient (Wildman–Crippen LogP) is 4.27. The van der Waals surface area contributed by atoms with E-state index in [1.54, 1.807) is 6.07 Å². The van der Waals surface area contributed by atoms with Gasteiger partial charge in [0.2, 0.25) is 0 Å². The largest absolute Gasteiger partial charge is 0.381 e. The molecule has 2 aromatic rings. The normalized spacial score (nSPS) is 10.3. The second-order valence-electron chi connectivity index (χ2n) is 4.51. The summed E-state index contributed by atoms with van der Waals surface area (Å²) in [5.41, 5.74) is 3.04. The third kappa shape index (κ3) is 3.47. The van der Waals surface area contributed by atoms with Crippen LogP contribution in [0.4, 0.5) is 15.8 Å². The van der Waals surface area contributed by atoms with Gasteiger partial charge in [-0.15, -0.1) is 0 Å². The first kappa shape index (κ1) is 13.9. The van der Waals surface area contributed by atoms with E-state index in [4.69, 9.17) is 0 Å². The summed E-state index contributed by atoms with van der Waals surface area (Å²) in [5.74, 6) is -0.235. The first-order chi connectivity index (χ1) is 9.08. The van der Waals surface area contributed by atoms with Crippen molar-refractivity contribution < 1.29 is 4.39 Å². The van der Waals surface area contributed by atoms with Gasteiger partial charge in [0, 0.05) is 32.0 Å². The highest BCUT2D eigenvalue weighted by Crippen LogP contribution is 2.22. The molecule has 0 aliphatic carbocycles. The summed E-state index contributed by atoms with van der Waals surface area (Å²) in [7, 11) is 4.00. The van der Waals surface area contributed by atoms with E-state index in [2.05, 4.69) is 27.3 Å². The van der Waals surface area contributed by atoms with Crippen molar-refractivity contribution in [3.05, 3.63) is 58.3 Å². The van der Waals surface area contributed by atoms with Crippen LogP contribution in [0.1, 0.15) is 5.56 Å². The van der Waals surface area contributed by atoms with E-state index >= 15 is 0 Å². The van der Waals surface area contributed by atoms with Crippen LogP contribution in [0.5, 0.6) is 0 Å². The molecule has 2 aromatic carbocycles. The van der Waals surface area contributed by atoms with Crippen molar-refractivity contribution in [3.63, 3.8) is 0 Å². The minimum atomic E-state index is -0.235. The number of nitrogens with zero attached hydrogens (tertiary/aromatic N) is 1. The molecule has 2 nitrogen and oxygen atoms in total. The summed E-state index contributed by atoms with van der Waals surface area (Å²) in [6, 6.07) is 13.2. The van der Waals surface area contributed by atoms with E-state index in [1.165, 1.54) is 6.07 Å². The number of halogens is 2. The van der Waals surface area contributed by atoms with Crippen LogP contribution >= 0.6 is 15.9 Å². The van der Waals surface area contributed by atoms with Crippen LogP contribution in [0.15, 0.2) is 46.9 Å². The Morgan fingerprint density at radius 2 is 1.89 bits per heavy atom. The van der Waals surface area contributed by atoms with Gasteiger partial charge >= 0.3 is 0 Å². The Morgan fingerprint density at radius 1 is 1.16 bits per heavy atom. The Kier molecular flexibility index (Phi) is 4.43. The molecular formula is C15H16BrFN2. The number of benzene rings is 2. The maximum absolute atomic E-state index is 13.4. The Hall–Kier alpha value is -1.55. The van der Waals surface area contributed by atoms with Crippen molar-refractivity contribution >= 4 is 27.3 Å². The highest BCUT2D eigenvalue weighted by Gasteiger charge is 2.05. The first-order valence-corrected chi connectivity index (χ1v) is 6.81. The van der Waals surface area contributed by atoms with Gasteiger partial charge in [-0.1, -0.05) is 18.2 Å². The number of hydrogen-bond donors (Lipinski definition) is 1. The Balaban J connectivity index is 2.10. The molecule has 0 amide bonds. The van der Waals surface area contributed by atoms with Gasteiger partial charge in [-0.05, 0) is 45.8 Å². The first-order valence-electron chi connectivity index (χ1n) is 6.02. The van der Waals surface area contributed by atoms with Crippen LogP contribution in [-0.2, 0) is 6.54 Å². The zero-order chi connectivity index (χ0) is 13.8. The lowest BCUT2D eigenvalue weighted by molar-refractivity contribution is 0.618. The molecule has 0 aliphatic heterocycles. The summed E-state index contributed by atoms with van der Waals surface area (Å²) >= 11 is 3.27. The van der Waals surface area contributed by atoms with Crippen molar-refractivity contribution in [2.75, 3.05) is 24.3 Å². The molecule has 0 atom stereocenters. The van der Waals surface area contributed by atoms with Crippen molar-refractivity contribution in [3.8, 4) is 0 Å². The van der Waals surface area contributed by atoms with E-state index in [0.29, 0.717) is 11.0 Å². The fourth-order valence-corrected chi connectivity index (χ4v) is 2.18. The lowest BCUT2D eigenvalue weighted by Gasteiger charge is -2.15. The van der Waals surface area contributed by atoms with E-state index < -0.39 is 0 Å². The van der Waals surface area contributed by atoms with E-state index in [9.17, 15) is 4.39 Å². The molecule has 0 aromatic heterocycles. The molecule has 0 bridgehead atoms. The van der Waals surface area contributed by atoms with Gasteiger partial charge in [-0.2, -0.15) is 0 Å². The molecule has 0 saturated carbocycles. The lowest BCUT2D eigenvalue weighted by Crippen LogP contribution is -2.09. The maximum Gasteiger partial charge on any atom is 0.137 e. The summed E-state index contributed by atoms with van der Waals surface area (Å²) in [6.45, 7) is 0.579. The van der Waals surface area contributed by atoms with Crippen molar-refractivity contribution in [1.29, 1.82) is 0 Å². The quantitative estimate of drug-likeness (QED) is 0.904. The highest BCUT2D eigenvalue weighted by atomic mass is 79.9. The molecule has 2 rings (SSSR count). The average Bonchev–Trinajstić information content (AvgIpc) is 2.41. The van der Waals surface area contributed by atoms with Crippen LogP contribution in [0.2, 0.25) is 0 Å². The maximum atomic E-state index is 13.4. The number of rotatable bonds is 4. The minimum Gasteiger partial charge on any atom is -0.381 e.